The minimum atomic E-state index is -0.101. The van der Waals surface area contributed by atoms with Gasteiger partial charge in [0, 0.05) is 12.7 Å². The highest BCUT2D eigenvalue weighted by molar-refractivity contribution is 5.02. The number of rotatable bonds is 6. The van der Waals surface area contributed by atoms with Gasteiger partial charge in [-0.3, -0.25) is 5.10 Å². The second-order valence-electron chi connectivity index (χ2n) is 6.23. The zero-order valence-corrected chi connectivity index (χ0v) is 12.2. The van der Waals surface area contributed by atoms with Gasteiger partial charge in [-0.05, 0) is 56.2 Å². The summed E-state index contributed by atoms with van der Waals surface area (Å²) in [5.74, 6) is 1.10. The van der Waals surface area contributed by atoms with Gasteiger partial charge < -0.3 is 10.0 Å². The van der Waals surface area contributed by atoms with Crippen molar-refractivity contribution in [2.24, 2.45) is 11.8 Å². The van der Waals surface area contributed by atoms with Gasteiger partial charge in [-0.2, -0.15) is 5.10 Å². The Labute approximate surface area is 116 Å². The van der Waals surface area contributed by atoms with Gasteiger partial charge in [0.15, 0.2) is 0 Å². The van der Waals surface area contributed by atoms with E-state index >= 15 is 0 Å². The average molecular weight is 265 g/mol. The van der Waals surface area contributed by atoms with Crippen LogP contribution in [0.4, 0.5) is 0 Å². The third kappa shape index (κ3) is 4.62. The van der Waals surface area contributed by atoms with Crippen molar-refractivity contribution >= 4 is 0 Å². The topological polar surface area (TPSA) is 52.1 Å². The fourth-order valence-corrected chi connectivity index (χ4v) is 2.94. The predicted molar refractivity (Wildman–Crippen MR) is 76.9 cm³/mol. The molecule has 0 spiro atoms. The molecule has 1 aromatic rings. The second-order valence-corrected chi connectivity index (χ2v) is 6.23. The molecular formula is C15H27N3O. The van der Waals surface area contributed by atoms with Crippen LogP contribution in [0.25, 0.3) is 0 Å². The molecule has 0 amide bonds. The maximum absolute atomic E-state index is 10.2. The fraction of sp³-hybridized carbons (Fsp3) is 0.800. The molecule has 2 heterocycles. The molecule has 1 atom stereocenters. The maximum Gasteiger partial charge on any atom is 0.0571 e. The molecule has 1 aromatic heterocycles. The average Bonchev–Trinajstić information content (AvgIpc) is 2.89. The largest absolute Gasteiger partial charge is 0.393 e. The van der Waals surface area contributed by atoms with Gasteiger partial charge in [0.25, 0.3) is 0 Å². The highest BCUT2D eigenvalue weighted by Crippen LogP contribution is 2.24. The Bertz CT molecular complexity index is 342. The molecule has 2 rings (SSSR count). The van der Waals surface area contributed by atoms with Gasteiger partial charge in [0.2, 0.25) is 0 Å². The number of likely N-dealkylation sites (tertiary alicyclic amines) is 1. The zero-order chi connectivity index (χ0) is 13.7. The van der Waals surface area contributed by atoms with E-state index in [2.05, 4.69) is 28.9 Å². The van der Waals surface area contributed by atoms with E-state index in [0.29, 0.717) is 11.8 Å². The molecular weight excluding hydrogens is 238 g/mol. The van der Waals surface area contributed by atoms with E-state index in [4.69, 9.17) is 0 Å². The maximum atomic E-state index is 10.2. The van der Waals surface area contributed by atoms with Crippen LogP contribution in [-0.2, 0) is 6.42 Å². The van der Waals surface area contributed by atoms with Crippen molar-refractivity contribution in [1.29, 1.82) is 0 Å². The minimum Gasteiger partial charge on any atom is -0.393 e. The first-order chi connectivity index (χ1) is 9.15. The number of aliphatic hydroxyl groups is 1. The van der Waals surface area contributed by atoms with Gasteiger partial charge in [-0.15, -0.1) is 0 Å². The van der Waals surface area contributed by atoms with Crippen molar-refractivity contribution in [2.75, 3.05) is 19.6 Å². The summed E-state index contributed by atoms with van der Waals surface area (Å²) in [6.45, 7) is 7.72. The lowest BCUT2D eigenvalue weighted by Gasteiger charge is -2.34. The smallest absolute Gasteiger partial charge is 0.0571 e. The molecule has 1 unspecified atom stereocenters. The van der Waals surface area contributed by atoms with Gasteiger partial charge >= 0.3 is 0 Å². The summed E-state index contributed by atoms with van der Waals surface area (Å²) < 4.78 is 0. The van der Waals surface area contributed by atoms with Crippen LogP contribution in [-0.4, -0.2) is 45.9 Å². The first kappa shape index (κ1) is 14.5. The number of H-pyrrole nitrogens is 1. The zero-order valence-electron chi connectivity index (χ0n) is 12.2. The summed E-state index contributed by atoms with van der Waals surface area (Å²) in [5.41, 5.74) is 1.28. The van der Waals surface area contributed by atoms with E-state index in [0.717, 1.165) is 45.3 Å². The number of aromatic nitrogens is 2. The summed E-state index contributed by atoms with van der Waals surface area (Å²) >= 11 is 0. The number of piperidine rings is 1. The third-order valence-electron chi connectivity index (χ3n) is 4.16. The molecule has 0 radical (unpaired) electrons. The number of nitrogens with one attached hydrogen (secondary N) is 1. The second kappa shape index (κ2) is 7.06. The molecule has 1 saturated heterocycles. The summed E-state index contributed by atoms with van der Waals surface area (Å²) in [6, 6.07) is 0. The van der Waals surface area contributed by atoms with E-state index in [9.17, 15) is 5.11 Å². The molecule has 0 aliphatic carbocycles. The summed E-state index contributed by atoms with van der Waals surface area (Å²) in [6.07, 6.45) is 8.06. The standard InChI is InChI=1S/C15H27N3O/c1-12(2)9-15(19)14-4-7-18(8-5-14)6-3-13-10-16-17-11-13/h10-12,14-15,19H,3-9H2,1-2H3,(H,16,17). The number of aromatic amines is 1. The lowest BCUT2D eigenvalue weighted by atomic mass is 9.87. The fourth-order valence-electron chi connectivity index (χ4n) is 2.94. The Kier molecular flexibility index (Phi) is 5.40. The summed E-state index contributed by atoms with van der Waals surface area (Å²) in [4.78, 5) is 2.51. The highest BCUT2D eigenvalue weighted by atomic mass is 16.3. The normalized spacial score (nSPS) is 20.0. The minimum absolute atomic E-state index is 0.101. The van der Waals surface area contributed by atoms with Crippen molar-refractivity contribution in [1.82, 2.24) is 15.1 Å². The van der Waals surface area contributed by atoms with Gasteiger partial charge in [0.05, 0.1) is 12.3 Å². The van der Waals surface area contributed by atoms with Crippen LogP contribution in [0.2, 0.25) is 0 Å². The molecule has 108 valence electrons. The van der Waals surface area contributed by atoms with E-state index < -0.39 is 0 Å². The molecule has 4 heteroatoms. The molecule has 1 fully saturated rings. The van der Waals surface area contributed by atoms with Crippen molar-refractivity contribution in [3.8, 4) is 0 Å². The Hall–Kier alpha value is -0.870. The molecule has 1 aliphatic heterocycles. The number of nitrogens with zero attached hydrogens (tertiary/aromatic N) is 2. The van der Waals surface area contributed by atoms with E-state index in [1.54, 1.807) is 0 Å². The molecule has 19 heavy (non-hydrogen) atoms. The van der Waals surface area contributed by atoms with E-state index in [1.165, 1.54) is 5.56 Å². The Morgan fingerprint density at radius 2 is 2.16 bits per heavy atom. The van der Waals surface area contributed by atoms with Gasteiger partial charge in [0.1, 0.15) is 0 Å². The Morgan fingerprint density at radius 1 is 1.42 bits per heavy atom. The first-order valence-electron chi connectivity index (χ1n) is 7.53. The van der Waals surface area contributed by atoms with E-state index in [1.807, 2.05) is 12.4 Å². The Balaban J connectivity index is 1.67. The van der Waals surface area contributed by atoms with Crippen molar-refractivity contribution in [3.05, 3.63) is 18.0 Å². The lowest BCUT2D eigenvalue weighted by molar-refractivity contribution is 0.0457. The monoisotopic (exact) mass is 265 g/mol. The van der Waals surface area contributed by atoms with Gasteiger partial charge in [-0.1, -0.05) is 13.8 Å². The lowest BCUT2D eigenvalue weighted by Crippen LogP contribution is -2.39. The summed E-state index contributed by atoms with van der Waals surface area (Å²) in [7, 11) is 0. The van der Waals surface area contributed by atoms with Crippen LogP contribution in [0.1, 0.15) is 38.7 Å². The summed E-state index contributed by atoms with van der Waals surface area (Å²) in [5, 5.41) is 17.0. The van der Waals surface area contributed by atoms with Gasteiger partial charge in [-0.25, -0.2) is 0 Å². The molecule has 4 nitrogen and oxygen atoms in total. The van der Waals surface area contributed by atoms with E-state index in [-0.39, 0.29) is 6.10 Å². The first-order valence-corrected chi connectivity index (χ1v) is 7.53. The molecule has 0 aromatic carbocycles. The van der Waals surface area contributed by atoms with Crippen LogP contribution in [0, 0.1) is 11.8 Å². The third-order valence-corrected chi connectivity index (χ3v) is 4.16. The molecule has 1 aliphatic rings. The number of aliphatic hydroxyl groups excluding tert-OH is 1. The highest BCUT2D eigenvalue weighted by Gasteiger charge is 2.25. The van der Waals surface area contributed by atoms with Crippen LogP contribution in [0.3, 0.4) is 0 Å². The van der Waals surface area contributed by atoms with Crippen LogP contribution in [0.15, 0.2) is 12.4 Å². The van der Waals surface area contributed by atoms with Crippen LogP contribution >= 0.6 is 0 Å². The van der Waals surface area contributed by atoms with Crippen LogP contribution < -0.4 is 0 Å². The molecule has 2 N–H and O–H groups in total. The van der Waals surface area contributed by atoms with Crippen molar-refractivity contribution in [3.63, 3.8) is 0 Å². The Morgan fingerprint density at radius 3 is 2.74 bits per heavy atom. The quantitative estimate of drug-likeness (QED) is 0.828. The van der Waals surface area contributed by atoms with Crippen LogP contribution in [0.5, 0.6) is 0 Å². The van der Waals surface area contributed by atoms with Crippen molar-refractivity contribution < 1.29 is 5.11 Å². The number of hydrogen-bond acceptors (Lipinski definition) is 3. The molecule has 0 saturated carbocycles. The predicted octanol–water partition coefficient (Wildman–Crippen LogP) is 2.07. The van der Waals surface area contributed by atoms with Crippen molar-refractivity contribution in [2.45, 2.75) is 45.6 Å². The molecule has 0 bridgehead atoms. The SMILES string of the molecule is CC(C)CC(O)C1CCN(CCc2cn[nH]c2)CC1. The number of hydrogen-bond donors (Lipinski definition) is 2.